The number of aromatic nitrogens is 1. The third kappa shape index (κ3) is 4.53. The van der Waals surface area contributed by atoms with E-state index in [-0.39, 0.29) is 5.70 Å². The van der Waals surface area contributed by atoms with Gasteiger partial charge >= 0.3 is 6.03 Å². The second kappa shape index (κ2) is 9.44. The number of nitrogens with one attached hydrogen (secondary N) is 2. The first-order valence-corrected chi connectivity index (χ1v) is 10.9. The van der Waals surface area contributed by atoms with Gasteiger partial charge in [0.25, 0.3) is 5.91 Å². The Labute approximate surface area is 201 Å². The second-order valence-corrected chi connectivity index (χ2v) is 8.20. The normalized spacial score (nSPS) is 14.5. The SMILES string of the molecule is COc1ccccc1NC(=O)CN1C(=O)N/C(=C\c2cc(C)n(-c3ccc(Cl)cc3)c2C)C1=O. The summed E-state index contributed by atoms with van der Waals surface area (Å²) in [5, 5.41) is 5.87. The van der Waals surface area contributed by atoms with Crippen molar-refractivity contribution in [3.63, 3.8) is 0 Å². The summed E-state index contributed by atoms with van der Waals surface area (Å²) in [6.07, 6.45) is 1.62. The van der Waals surface area contributed by atoms with Crippen LogP contribution in [-0.2, 0) is 9.59 Å². The Bertz CT molecular complexity index is 1310. The average molecular weight is 479 g/mol. The third-order valence-electron chi connectivity index (χ3n) is 5.50. The number of nitrogens with zero attached hydrogens (tertiary/aromatic N) is 2. The second-order valence-electron chi connectivity index (χ2n) is 7.77. The standard InChI is InChI=1S/C25H23ClN4O4/c1-15-12-17(16(2)30(15)19-10-8-18(26)9-11-19)13-21-24(32)29(25(33)28-21)14-23(31)27-20-6-4-5-7-22(20)34-3/h4-13H,14H2,1-3H3,(H,27,31)(H,28,33)/b21-13-. The minimum Gasteiger partial charge on any atom is -0.495 e. The molecule has 9 heteroatoms. The maximum absolute atomic E-state index is 12.9. The molecule has 34 heavy (non-hydrogen) atoms. The molecule has 1 fully saturated rings. The Morgan fingerprint density at radius 2 is 1.82 bits per heavy atom. The van der Waals surface area contributed by atoms with Gasteiger partial charge in [-0.25, -0.2) is 9.69 Å². The van der Waals surface area contributed by atoms with Crippen molar-refractivity contribution in [2.24, 2.45) is 0 Å². The van der Waals surface area contributed by atoms with Crippen molar-refractivity contribution in [1.82, 2.24) is 14.8 Å². The van der Waals surface area contributed by atoms with Gasteiger partial charge in [-0.15, -0.1) is 0 Å². The predicted molar refractivity (Wildman–Crippen MR) is 130 cm³/mol. The van der Waals surface area contributed by atoms with Gasteiger partial charge in [-0.2, -0.15) is 0 Å². The molecule has 2 heterocycles. The number of aryl methyl sites for hydroxylation is 1. The summed E-state index contributed by atoms with van der Waals surface area (Å²) in [5.74, 6) is -0.615. The number of halogens is 1. The van der Waals surface area contributed by atoms with Crippen LogP contribution in [0, 0.1) is 13.8 Å². The molecule has 0 spiro atoms. The molecule has 0 aliphatic carbocycles. The summed E-state index contributed by atoms with van der Waals surface area (Å²) in [7, 11) is 1.49. The molecule has 2 N–H and O–H groups in total. The lowest BCUT2D eigenvalue weighted by Gasteiger charge is -2.13. The highest BCUT2D eigenvalue weighted by Crippen LogP contribution is 2.26. The summed E-state index contributed by atoms with van der Waals surface area (Å²) in [6.45, 7) is 3.45. The van der Waals surface area contributed by atoms with E-state index in [2.05, 4.69) is 10.6 Å². The summed E-state index contributed by atoms with van der Waals surface area (Å²) >= 11 is 6.00. The van der Waals surface area contributed by atoms with E-state index >= 15 is 0 Å². The van der Waals surface area contributed by atoms with E-state index in [0.717, 1.165) is 27.5 Å². The van der Waals surface area contributed by atoms with Gasteiger partial charge in [0.2, 0.25) is 5.91 Å². The Kier molecular flexibility index (Phi) is 6.43. The van der Waals surface area contributed by atoms with Crippen LogP contribution in [0.15, 0.2) is 60.3 Å². The number of hydrogen-bond donors (Lipinski definition) is 2. The first-order chi connectivity index (χ1) is 16.3. The van der Waals surface area contributed by atoms with Gasteiger partial charge in [0.15, 0.2) is 0 Å². The highest BCUT2D eigenvalue weighted by molar-refractivity contribution is 6.30. The van der Waals surface area contributed by atoms with E-state index in [4.69, 9.17) is 16.3 Å². The van der Waals surface area contributed by atoms with Crippen LogP contribution in [0.4, 0.5) is 10.5 Å². The Morgan fingerprint density at radius 1 is 1.12 bits per heavy atom. The van der Waals surface area contributed by atoms with Crippen LogP contribution < -0.4 is 15.4 Å². The maximum atomic E-state index is 12.9. The molecular weight excluding hydrogens is 456 g/mol. The lowest BCUT2D eigenvalue weighted by molar-refractivity contribution is -0.127. The number of hydrogen-bond acceptors (Lipinski definition) is 4. The number of imide groups is 1. The van der Waals surface area contributed by atoms with Crippen LogP contribution >= 0.6 is 11.6 Å². The minimum atomic E-state index is -0.655. The van der Waals surface area contributed by atoms with Crippen molar-refractivity contribution < 1.29 is 19.1 Å². The zero-order valence-corrected chi connectivity index (χ0v) is 19.6. The number of amides is 4. The zero-order valence-electron chi connectivity index (χ0n) is 18.9. The molecule has 2 aromatic carbocycles. The number of rotatable bonds is 6. The smallest absolute Gasteiger partial charge is 0.329 e. The van der Waals surface area contributed by atoms with Crippen molar-refractivity contribution in [3.05, 3.63) is 82.3 Å². The highest BCUT2D eigenvalue weighted by atomic mass is 35.5. The number of benzene rings is 2. The molecule has 0 atom stereocenters. The topological polar surface area (TPSA) is 92.7 Å². The van der Waals surface area contributed by atoms with Crippen LogP contribution in [0.3, 0.4) is 0 Å². The van der Waals surface area contributed by atoms with Gasteiger partial charge in [0.1, 0.15) is 18.0 Å². The van der Waals surface area contributed by atoms with Crippen LogP contribution in [0.1, 0.15) is 17.0 Å². The van der Waals surface area contributed by atoms with Crippen LogP contribution in [0.2, 0.25) is 5.02 Å². The molecule has 4 rings (SSSR count). The van der Waals surface area contributed by atoms with Crippen molar-refractivity contribution >= 4 is 41.2 Å². The monoisotopic (exact) mass is 478 g/mol. The number of carbonyl (C=O) groups is 3. The molecule has 0 radical (unpaired) electrons. The number of ether oxygens (including phenoxy) is 1. The van der Waals surface area contributed by atoms with E-state index in [1.807, 2.05) is 48.7 Å². The summed E-state index contributed by atoms with van der Waals surface area (Å²) < 4.78 is 7.24. The van der Waals surface area contributed by atoms with E-state index in [0.29, 0.717) is 16.5 Å². The minimum absolute atomic E-state index is 0.103. The number of urea groups is 1. The molecule has 8 nitrogen and oxygen atoms in total. The molecule has 174 valence electrons. The number of carbonyl (C=O) groups excluding carboxylic acids is 3. The van der Waals surface area contributed by atoms with Crippen LogP contribution in [-0.4, -0.2) is 41.0 Å². The first kappa shape index (κ1) is 23.1. The Morgan fingerprint density at radius 3 is 2.53 bits per heavy atom. The average Bonchev–Trinajstić information content (AvgIpc) is 3.24. The lowest BCUT2D eigenvalue weighted by atomic mass is 10.2. The van der Waals surface area contributed by atoms with E-state index in [1.165, 1.54) is 7.11 Å². The fourth-order valence-electron chi connectivity index (χ4n) is 3.87. The van der Waals surface area contributed by atoms with E-state index < -0.39 is 24.4 Å². The fourth-order valence-corrected chi connectivity index (χ4v) is 4.00. The third-order valence-corrected chi connectivity index (χ3v) is 5.75. The molecule has 4 amide bonds. The molecule has 1 saturated heterocycles. The molecule has 1 aliphatic heterocycles. The zero-order chi connectivity index (χ0) is 24.4. The lowest BCUT2D eigenvalue weighted by Crippen LogP contribution is -2.38. The molecular formula is C25H23ClN4O4. The number of anilines is 1. The van der Waals surface area contributed by atoms with Crippen molar-refractivity contribution in [1.29, 1.82) is 0 Å². The predicted octanol–water partition coefficient (Wildman–Crippen LogP) is 4.29. The van der Waals surface area contributed by atoms with Crippen molar-refractivity contribution in [2.45, 2.75) is 13.8 Å². The largest absolute Gasteiger partial charge is 0.495 e. The summed E-state index contributed by atoms with van der Waals surface area (Å²) in [5.41, 5.74) is 4.11. The van der Waals surface area contributed by atoms with Gasteiger partial charge in [-0.3, -0.25) is 9.59 Å². The molecule has 0 bridgehead atoms. The number of para-hydroxylation sites is 2. The highest BCUT2D eigenvalue weighted by Gasteiger charge is 2.35. The van der Waals surface area contributed by atoms with E-state index in [9.17, 15) is 14.4 Å². The van der Waals surface area contributed by atoms with E-state index in [1.54, 1.807) is 30.3 Å². The van der Waals surface area contributed by atoms with Gasteiger partial charge in [-0.05, 0) is 68.0 Å². The van der Waals surface area contributed by atoms with Crippen molar-refractivity contribution in [2.75, 3.05) is 19.0 Å². The molecule has 1 aliphatic rings. The van der Waals surface area contributed by atoms with Gasteiger partial charge in [0.05, 0.1) is 12.8 Å². The Balaban J connectivity index is 1.53. The maximum Gasteiger partial charge on any atom is 0.329 e. The summed E-state index contributed by atoms with van der Waals surface area (Å²) in [4.78, 5) is 38.7. The van der Waals surface area contributed by atoms with Crippen molar-refractivity contribution in [3.8, 4) is 11.4 Å². The molecule has 0 saturated carbocycles. The van der Waals surface area contributed by atoms with Crippen LogP contribution in [0.25, 0.3) is 11.8 Å². The summed E-state index contributed by atoms with van der Waals surface area (Å²) in [6, 6.07) is 15.6. The first-order valence-electron chi connectivity index (χ1n) is 10.5. The number of methoxy groups -OCH3 is 1. The van der Waals surface area contributed by atoms with Gasteiger partial charge in [-0.1, -0.05) is 23.7 Å². The quantitative estimate of drug-likeness (QED) is 0.408. The molecule has 0 unspecified atom stereocenters. The van der Waals surface area contributed by atoms with Gasteiger partial charge in [0, 0.05) is 22.1 Å². The molecule has 1 aromatic heterocycles. The Hall–Kier alpha value is -4.04. The van der Waals surface area contributed by atoms with Gasteiger partial charge < -0.3 is 19.9 Å². The van der Waals surface area contributed by atoms with Crippen LogP contribution in [0.5, 0.6) is 5.75 Å². The molecule has 3 aromatic rings. The fraction of sp³-hybridized carbons (Fsp3) is 0.160.